The Labute approximate surface area is 147 Å². The van der Waals surface area contributed by atoms with Crippen LogP contribution in [0, 0.1) is 6.92 Å². The zero-order valence-electron chi connectivity index (χ0n) is 14.6. The van der Waals surface area contributed by atoms with Gasteiger partial charge in [-0.2, -0.15) is 0 Å². The Hall–Kier alpha value is -1.89. The molecular formula is C18H25N3O4. The Morgan fingerprint density at radius 2 is 1.96 bits per heavy atom. The SMILES string of the molecule is Cc1ncoc1C(=O)N1CCC(N2C(=O)C(O)C23CCCCC3)CC1. The van der Waals surface area contributed by atoms with E-state index in [4.69, 9.17) is 4.42 Å². The van der Waals surface area contributed by atoms with Crippen molar-refractivity contribution < 1.29 is 19.1 Å². The maximum Gasteiger partial charge on any atom is 0.291 e. The number of likely N-dealkylation sites (tertiary alicyclic amines) is 2. The average molecular weight is 347 g/mol. The predicted molar refractivity (Wildman–Crippen MR) is 88.8 cm³/mol. The fraction of sp³-hybridized carbons (Fsp3) is 0.722. The molecule has 4 rings (SSSR count). The number of carbonyl (C=O) groups is 2. The van der Waals surface area contributed by atoms with Crippen LogP contribution in [0.25, 0.3) is 0 Å². The Morgan fingerprint density at radius 3 is 2.56 bits per heavy atom. The minimum Gasteiger partial charge on any atom is -0.438 e. The molecule has 1 atom stereocenters. The number of piperidine rings is 1. The first-order chi connectivity index (χ1) is 12.0. The minimum atomic E-state index is -0.829. The van der Waals surface area contributed by atoms with Crippen LogP contribution in [0.3, 0.4) is 0 Å². The van der Waals surface area contributed by atoms with Crippen LogP contribution in [0.4, 0.5) is 0 Å². The van der Waals surface area contributed by atoms with Crippen molar-refractivity contribution in [2.75, 3.05) is 13.1 Å². The standard InChI is InChI=1S/C18H25N3O4/c1-12-14(25-11-19-12)16(23)20-9-5-13(6-10-20)21-17(24)15(22)18(21)7-3-2-4-8-18/h11,13,15,22H,2-10H2,1H3. The van der Waals surface area contributed by atoms with E-state index in [2.05, 4.69) is 4.98 Å². The molecule has 136 valence electrons. The Kier molecular flexibility index (Phi) is 4.06. The molecule has 0 aromatic carbocycles. The second-order valence-electron chi connectivity index (χ2n) is 7.57. The lowest BCUT2D eigenvalue weighted by Gasteiger charge is -2.61. The summed E-state index contributed by atoms with van der Waals surface area (Å²) >= 11 is 0. The topological polar surface area (TPSA) is 86.9 Å². The van der Waals surface area contributed by atoms with Crippen LogP contribution in [0.15, 0.2) is 10.8 Å². The molecule has 25 heavy (non-hydrogen) atoms. The summed E-state index contributed by atoms with van der Waals surface area (Å²) in [6.07, 6.45) is 7.09. The number of aryl methyl sites for hydroxylation is 1. The first-order valence-electron chi connectivity index (χ1n) is 9.25. The second-order valence-corrected chi connectivity index (χ2v) is 7.57. The smallest absolute Gasteiger partial charge is 0.291 e. The summed E-state index contributed by atoms with van der Waals surface area (Å²) in [5.41, 5.74) is 0.266. The number of carbonyl (C=O) groups excluding carboxylic acids is 2. The van der Waals surface area contributed by atoms with Gasteiger partial charge in [0.15, 0.2) is 12.5 Å². The van der Waals surface area contributed by atoms with Gasteiger partial charge in [0.05, 0.1) is 11.2 Å². The number of aliphatic hydroxyl groups excluding tert-OH is 1. The summed E-state index contributed by atoms with van der Waals surface area (Å²) in [7, 11) is 0. The molecule has 0 bridgehead atoms. The van der Waals surface area contributed by atoms with Crippen LogP contribution in [0.2, 0.25) is 0 Å². The van der Waals surface area contributed by atoms with Crippen LogP contribution >= 0.6 is 0 Å². The highest BCUT2D eigenvalue weighted by atomic mass is 16.3. The van der Waals surface area contributed by atoms with Gasteiger partial charge in [0.25, 0.3) is 11.8 Å². The molecule has 1 aromatic rings. The normalized spacial score (nSPS) is 26.8. The first kappa shape index (κ1) is 16.6. The molecule has 7 nitrogen and oxygen atoms in total. The number of β-lactam (4-membered cyclic amide) rings is 1. The quantitative estimate of drug-likeness (QED) is 0.819. The molecule has 1 saturated carbocycles. The summed E-state index contributed by atoms with van der Waals surface area (Å²) in [4.78, 5) is 32.6. The van der Waals surface area contributed by atoms with Crippen molar-refractivity contribution in [2.45, 2.75) is 69.6 Å². The van der Waals surface area contributed by atoms with Gasteiger partial charge in [-0.25, -0.2) is 4.98 Å². The minimum absolute atomic E-state index is 0.119. The number of amides is 2. The van der Waals surface area contributed by atoms with Gasteiger partial charge in [0.1, 0.15) is 0 Å². The van der Waals surface area contributed by atoms with Crippen LogP contribution < -0.4 is 0 Å². The molecule has 2 aliphatic heterocycles. The third kappa shape index (κ3) is 2.47. The van der Waals surface area contributed by atoms with E-state index >= 15 is 0 Å². The lowest BCUT2D eigenvalue weighted by Crippen LogP contribution is -2.77. The zero-order valence-corrected chi connectivity index (χ0v) is 14.6. The monoisotopic (exact) mass is 347 g/mol. The van der Waals surface area contributed by atoms with Crippen LogP contribution in [-0.2, 0) is 4.79 Å². The van der Waals surface area contributed by atoms with Crippen LogP contribution in [0.5, 0.6) is 0 Å². The summed E-state index contributed by atoms with van der Waals surface area (Å²) in [5, 5.41) is 10.3. The first-order valence-corrected chi connectivity index (χ1v) is 9.25. The van der Waals surface area contributed by atoms with E-state index in [1.165, 1.54) is 12.8 Å². The number of hydrogen-bond donors (Lipinski definition) is 1. The average Bonchev–Trinajstić information content (AvgIpc) is 3.08. The lowest BCUT2D eigenvalue weighted by atomic mass is 9.68. The summed E-state index contributed by atoms with van der Waals surface area (Å²) in [6, 6.07) is 0.119. The number of aromatic nitrogens is 1. The molecule has 1 aliphatic carbocycles. The molecule has 2 amide bonds. The van der Waals surface area contributed by atoms with Crippen LogP contribution in [0.1, 0.15) is 61.2 Å². The third-order valence-corrected chi connectivity index (χ3v) is 6.24. The van der Waals surface area contributed by atoms with Crippen molar-refractivity contribution in [3.63, 3.8) is 0 Å². The van der Waals surface area contributed by atoms with E-state index in [1.54, 1.807) is 11.8 Å². The van der Waals surface area contributed by atoms with Gasteiger partial charge >= 0.3 is 0 Å². The number of aliphatic hydroxyl groups is 1. The van der Waals surface area contributed by atoms with Crippen molar-refractivity contribution in [1.29, 1.82) is 0 Å². The molecule has 0 radical (unpaired) electrons. The van der Waals surface area contributed by atoms with E-state index < -0.39 is 6.10 Å². The van der Waals surface area contributed by atoms with E-state index in [0.717, 1.165) is 38.5 Å². The molecule has 3 heterocycles. The summed E-state index contributed by atoms with van der Waals surface area (Å²) in [5.74, 6) is 0.0474. The van der Waals surface area contributed by atoms with E-state index in [1.807, 2.05) is 4.90 Å². The summed E-state index contributed by atoms with van der Waals surface area (Å²) < 4.78 is 5.21. The molecule has 1 unspecified atom stereocenters. The number of nitrogens with zero attached hydrogens (tertiary/aromatic N) is 3. The summed E-state index contributed by atoms with van der Waals surface area (Å²) in [6.45, 7) is 2.95. The van der Waals surface area contributed by atoms with E-state index in [0.29, 0.717) is 24.5 Å². The largest absolute Gasteiger partial charge is 0.438 e. The predicted octanol–water partition coefficient (Wildman–Crippen LogP) is 1.49. The fourth-order valence-corrected chi connectivity index (χ4v) is 4.85. The fourth-order valence-electron chi connectivity index (χ4n) is 4.85. The molecule has 1 spiro atoms. The second kappa shape index (κ2) is 6.12. The number of hydrogen-bond acceptors (Lipinski definition) is 5. The van der Waals surface area contributed by atoms with Crippen molar-refractivity contribution in [3.05, 3.63) is 17.8 Å². The Bertz CT molecular complexity index is 672. The maximum absolute atomic E-state index is 12.5. The third-order valence-electron chi connectivity index (χ3n) is 6.24. The zero-order chi connectivity index (χ0) is 17.6. The molecule has 2 saturated heterocycles. The van der Waals surface area contributed by atoms with Gasteiger partial charge in [-0.05, 0) is 32.6 Å². The highest BCUT2D eigenvalue weighted by molar-refractivity contribution is 5.92. The molecule has 1 N–H and O–H groups in total. The lowest BCUT2D eigenvalue weighted by molar-refractivity contribution is -0.200. The van der Waals surface area contributed by atoms with Gasteiger partial charge in [-0.1, -0.05) is 19.3 Å². The Morgan fingerprint density at radius 1 is 1.28 bits per heavy atom. The van der Waals surface area contributed by atoms with Gasteiger partial charge in [0.2, 0.25) is 5.76 Å². The van der Waals surface area contributed by atoms with Gasteiger partial charge in [-0.3, -0.25) is 9.59 Å². The van der Waals surface area contributed by atoms with E-state index in [-0.39, 0.29) is 23.4 Å². The van der Waals surface area contributed by atoms with E-state index in [9.17, 15) is 14.7 Å². The number of oxazole rings is 1. The van der Waals surface area contributed by atoms with Gasteiger partial charge in [-0.15, -0.1) is 0 Å². The maximum atomic E-state index is 12.5. The molecule has 3 fully saturated rings. The Balaban J connectivity index is 1.42. The highest BCUT2D eigenvalue weighted by Crippen LogP contribution is 2.46. The molecule has 3 aliphatic rings. The van der Waals surface area contributed by atoms with Crippen molar-refractivity contribution in [1.82, 2.24) is 14.8 Å². The van der Waals surface area contributed by atoms with Crippen molar-refractivity contribution in [3.8, 4) is 0 Å². The number of rotatable bonds is 2. The van der Waals surface area contributed by atoms with Crippen LogP contribution in [-0.4, -0.2) is 62.5 Å². The van der Waals surface area contributed by atoms with Crippen molar-refractivity contribution >= 4 is 11.8 Å². The molecule has 1 aromatic heterocycles. The van der Waals surface area contributed by atoms with Gasteiger partial charge in [0, 0.05) is 19.1 Å². The van der Waals surface area contributed by atoms with Gasteiger partial charge < -0.3 is 19.3 Å². The highest BCUT2D eigenvalue weighted by Gasteiger charge is 2.61. The molecular weight excluding hydrogens is 322 g/mol. The molecule has 7 heteroatoms. The van der Waals surface area contributed by atoms with Crippen molar-refractivity contribution in [2.24, 2.45) is 0 Å².